The molecule has 0 saturated carbocycles. The minimum atomic E-state index is 0.263. The van der Waals surface area contributed by atoms with E-state index < -0.39 is 0 Å². The predicted molar refractivity (Wildman–Crippen MR) is 83.4 cm³/mol. The number of fused-ring (bicyclic) bond motifs is 1. The van der Waals surface area contributed by atoms with Gasteiger partial charge in [0.05, 0.1) is 10.4 Å². The molecule has 0 saturated heterocycles. The van der Waals surface area contributed by atoms with Crippen LogP contribution in [0.3, 0.4) is 0 Å². The lowest BCUT2D eigenvalue weighted by atomic mass is 10.1. The molecule has 0 atom stereocenters. The number of halogens is 1. The second-order valence-corrected chi connectivity index (χ2v) is 5.35. The smallest absolute Gasteiger partial charge is 0.200 e. The third-order valence-electron chi connectivity index (χ3n) is 3.54. The topological polar surface area (TPSA) is 25.2 Å². The Kier molecular flexibility index (Phi) is 3.66. The molecule has 0 amide bonds. The molecular formula is C17H16ClNO. The van der Waals surface area contributed by atoms with E-state index in [-0.39, 0.29) is 5.88 Å². The minimum absolute atomic E-state index is 0.263. The Morgan fingerprint density at radius 3 is 2.55 bits per heavy atom. The van der Waals surface area contributed by atoms with E-state index in [9.17, 15) is 5.11 Å². The summed E-state index contributed by atoms with van der Waals surface area (Å²) >= 11 is 6.13. The molecule has 0 spiro atoms. The Morgan fingerprint density at radius 2 is 1.80 bits per heavy atom. The van der Waals surface area contributed by atoms with Gasteiger partial charge in [0.1, 0.15) is 0 Å². The maximum Gasteiger partial charge on any atom is 0.200 e. The van der Waals surface area contributed by atoms with Crippen LogP contribution in [-0.2, 0) is 13.0 Å². The summed E-state index contributed by atoms with van der Waals surface area (Å²) in [7, 11) is 0. The molecule has 20 heavy (non-hydrogen) atoms. The van der Waals surface area contributed by atoms with Crippen LogP contribution in [0.25, 0.3) is 10.8 Å². The summed E-state index contributed by atoms with van der Waals surface area (Å²) in [5, 5.41) is 12.6. The normalized spacial score (nSPS) is 11.1. The first-order valence-electron chi connectivity index (χ1n) is 6.76. The van der Waals surface area contributed by atoms with Crippen molar-refractivity contribution < 1.29 is 5.11 Å². The predicted octanol–water partition coefficient (Wildman–Crippen LogP) is 4.63. The zero-order valence-electron chi connectivity index (χ0n) is 11.1. The second-order valence-electron chi connectivity index (χ2n) is 4.94. The van der Waals surface area contributed by atoms with E-state index in [0.29, 0.717) is 5.02 Å². The SMILES string of the molecule is Oc1c2c(Cl)cccc2cn1CCCc1ccccc1. The van der Waals surface area contributed by atoms with Crippen molar-refractivity contribution in [3.63, 3.8) is 0 Å². The number of hydrogen-bond acceptors (Lipinski definition) is 1. The van der Waals surface area contributed by atoms with Gasteiger partial charge in [-0.1, -0.05) is 54.1 Å². The third kappa shape index (κ3) is 2.52. The summed E-state index contributed by atoms with van der Waals surface area (Å²) in [6.45, 7) is 0.783. The van der Waals surface area contributed by atoms with Crippen molar-refractivity contribution in [2.45, 2.75) is 19.4 Å². The van der Waals surface area contributed by atoms with Gasteiger partial charge in [0.25, 0.3) is 0 Å². The number of aromatic hydroxyl groups is 1. The minimum Gasteiger partial charge on any atom is -0.494 e. The first-order valence-corrected chi connectivity index (χ1v) is 7.14. The van der Waals surface area contributed by atoms with Crippen LogP contribution in [-0.4, -0.2) is 9.67 Å². The van der Waals surface area contributed by atoms with Crippen molar-refractivity contribution in [3.05, 3.63) is 65.3 Å². The lowest BCUT2D eigenvalue weighted by molar-refractivity contribution is 0.418. The molecule has 1 N–H and O–H groups in total. The molecule has 3 rings (SSSR count). The fourth-order valence-corrected chi connectivity index (χ4v) is 2.79. The summed E-state index contributed by atoms with van der Waals surface area (Å²) in [6, 6.07) is 16.1. The fraction of sp³-hybridized carbons (Fsp3) is 0.176. The number of benzene rings is 2. The van der Waals surface area contributed by atoms with Crippen molar-refractivity contribution in [3.8, 4) is 5.88 Å². The van der Waals surface area contributed by atoms with E-state index in [0.717, 1.165) is 30.2 Å². The summed E-state index contributed by atoms with van der Waals surface area (Å²) in [4.78, 5) is 0. The quantitative estimate of drug-likeness (QED) is 0.742. The molecule has 0 radical (unpaired) electrons. The first-order chi connectivity index (χ1) is 9.75. The number of aromatic nitrogens is 1. The highest BCUT2D eigenvalue weighted by Gasteiger charge is 2.10. The molecule has 2 nitrogen and oxygen atoms in total. The van der Waals surface area contributed by atoms with E-state index in [1.165, 1.54) is 5.56 Å². The van der Waals surface area contributed by atoms with Crippen LogP contribution >= 0.6 is 11.6 Å². The zero-order valence-corrected chi connectivity index (χ0v) is 11.8. The van der Waals surface area contributed by atoms with Gasteiger partial charge in [-0.3, -0.25) is 0 Å². The maximum atomic E-state index is 10.2. The van der Waals surface area contributed by atoms with Crippen LogP contribution in [0.15, 0.2) is 54.7 Å². The number of hydrogen-bond donors (Lipinski definition) is 1. The first kappa shape index (κ1) is 13.1. The standard InChI is InChI=1S/C17H16ClNO/c18-15-10-4-9-14-12-19(17(20)16(14)15)11-5-8-13-6-2-1-3-7-13/h1-4,6-7,9-10,12,20H,5,8,11H2. The molecule has 0 unspecified atom stereocenters. The molecule has 3 heteroatoms. The number of aryl methyl sites for hydroxylation is 2. The largest absolute Gasteiger partial charge is 0.494 e. The van der Waals surface area contributed by atoms with Gasteiger partial charge >= 0.3 is 0 Å². The van der Waals surface area contributed by atoms with Crippen LogP contribution in [0.5, 0.6) is 5.88 Å². The molecule has 0 fully saturated rings. The van der Waals surface area contributed by atoms with Gasteiger partial charge in [-0.15, -0.1) is 0 Å². The van der Waals surface area contributed by atoms with Crippen molar-refractivity contribution >= 4 is 22.4 Å². The molecule has 0 aliphatic rings. The average Bonchev–Trinajstić information content (AvgIpc) is 2.78. The van der Waals surface area contributed by atoms with Crippen molar-refractivity contribution in [1.82, 2.24) is 4.57 Å². The average molecular weight is 286 g/mol. The Balaban J connectivity index is 1.75. The Labute approximate surface area is 123 Å². The van der Waals surface area contributed by atoms with Crippen molar-refractivity contribution in [1.29, 1.82) is 0 Å². The number of rotatable bonds is 4. The van der Waals surface area contributed by atoms with Gasteiger partial charge in [-0.25, -0.2) is 0 Å². The van der Waals surface area contributed by atoms with Crippen molar-refractivity contribution in [2.24, 2.45) is 0 Å². The number of nitrogens with zero attached hydrogens (tertiary/aromatic N) is 1. The Morgan fingerprint density at radius 1 is 1.00 bits per heavy atom. The summed E-state index contributed by atoms with van der Waals surface area (Å²) in [5.41, 5.74) is 1.32. The lowest BCUT2D eigenvalue weighted by Crippen LogP contribution is -1.97. The van der Waals surface area contributed by atoms with Crippen LogP contribution in [0.4, 0.5) is 0 Å². The van der Waals surface area contributed by atoms with Gasteiger partial charge in [0, 0.05) is 18.1 Å². The maximum absolute atomic E-state index is 10.2. The molecule has 0 bridgehead atoms. The van der Waals surface area contributed by atoms with Gasteiger partial charge in [-0.05, 0) is 24.5 Å². The van der Waals surface area contributed by atoms with Crippen LogP contribution in [0.1, 0.15) is 12.0 Å². The zero-order chi connectivity index (χ0) is 13.9. The molecule has 1 aromatic heterocycles. The monoisotopic (exact) mass is 285 g/mol. The van der Waals surface area contributed by atoms with Crippen LogP contribution < -0.4 is 0 Å². The lowest BCUT2D eigenvalue weighted by Gasteiger charge is -2.05. The summed E-state index contributed by atoms with van der Waals surface area (Å²) in [5.74, 6) is 0.263. The second kappa shape index (κ2) is 5.59. The van der Waals surface area contributed by atoms with E-state index >= 15 is 0 Å². The molecule has 102 valence electrons. The van der Waals surface area contributed by atoms with Gasteiger partial charge < -0.3 is 9.67 Å². The van der Waals surface area contributed by atoms with Gasteiger partial charge in [0.15, 0.2) is 0 Å². The highest BCUT2D eigenvalue weighted by atomic mass is 35.5. The molecule has 0 aliphatic carbocycles. The highest BCUT2D eigenvalue weighted by Crippen LogP contribution is 2.33. The van der Waals surface area contributed by atoms with E-state index in [1.807, 2.05) is 29.0 Å². The molecule has 2 aromatic carbocycles. The van der Waals surface area contributed by atoms with E-state index in [4.69, 9.17) is 11.6 Å². The fourth-order valence-electron chi connectivity index (χ4n) is 2.53. The third-order valence-corrected chi connectivity index (χ3v) is 3.86. The van der Waals surface area contributed by atoms with E-state index in [1.54, 1.807) is 6.07 Å². The molecule has 3 aromatic rings. The Bertz CT molecular complexity index is 718. The van der Waals surface area contributed by atoms with Gasteiger partial charge in [-0.2, -0.15) is 0 Å². The highest BCUT2D eigenvalue weighted by molar-refractivity contribution is 6.36. The van der Waals surface area contributed by atoms with Crippen molar-refractivity contribution in [2.75, 3.05) is 0 Å². The van der Waals surface area contributed by atoms with Crippen LogP contribution in [0.2, 0.25) is 5.02 Å². The van der Waals surface area contributed by atoms with E-state index in [2.05, 4.69) is 24.3 Å². The molecular weight excluding hydrogens is 270 g/mol. The Hall–Kier alpha value is -1.93. The van der Waals surface area contributed by atoms with Crippen LogP contribution in [0, 0.1) is 0 Å². The summed E-state index contributed by atoms with van der Waals surface area (Å²) < 4.78 is 1.87. The summed E-state index contributed by atoms with van der Waals surface area (Å²) in [6.07, 6.45) is 3.94. The van der Waals surface area contributed by atoms with Gasteiger partial charge in [0.2, 0.25) is 5.88 Å². The molecule has 1 heterocycles. The molecule has 0 aliphatic heterocycles.